The van der Waals surface area contributed by atoms with E-state index in [1.165, 1.54) is 0 Å². The highest BCUT2D eigenvalue weighted by Gasteiger charge is 2.23. The Balaban J connectivity index is 2.13. The number of rotatable bonds is 5. The van der Waals surface area contributed by atoms with E-state index in [4.69, 9.17) is 4.74 Å². The molecule has 7 heteroatoms. The summed E-state index contributed by atoms with van der Waals surface area (Å²) in [6.45, 7) is 8.78. The number of benzene rings is 1. The van der Waals surface area contributed by atoms with Crippen LogP contribution < -0.4 is 10.4 Å². The number of aryl methyl sites for hydroxylation is 1. The molecule has 0 saturated carbocycles. The van der Waals surface area contributed by atoms with Crippen LogP contribution in [0.2, 0.25) is 0 Å². The topological polar surface area (TPSA) is 95.8 Å². The van der Waals surface area contributed by atoms with E-state index in [2.05, 4.69) is 10.3 Å². The van der Waals surface area contributed by atoms with Crippen molar-refractivity contribution < 1.29 is 19.4 Å². The number of hydroxylamine groups is 1. The molecule has 1 aromatic carbocycles. The zero-order valence-electron chi connectivity index (χ0n) is 16.9. The molecule has 2 N–H and O–H groups in total. The lowest BCUT2D eigenvalue weighted by atomic mass is 10.0. The van der Waals surface area contributed by atoms with E-state index in [1.54, 1.807) is 52.2 Å². The number of carbonyl (C=O) groups excluding carboxylic acids is 2. The van der Waals surface area contributed by atoms with Gasteiger partial charge >= 0.3 is 12.0 Å². The van der Waals surface area contributed by atoms with E-state index in [-0.39, 0.29) is 6.42 Å². The third kappa shape index (κ3) is 6.14. The maximum Gasteiger partial charge on any atom is 0.407 e. The van der Waals surface area contributed by atoms with Crippen molar-refractivity contribution in [3.8, 4) is 11.1 Å². The lowest BCUT2D eigenvalue weighted by Crippen LogP contribution is -3.05. The second-order valence-corrected chi connectivity index (χ2v) is 7.79. The highest BCUT2D eigenvalue weighted by atomic mass is 16.6. The second-order valence-electron chi connectivity index (χ2n) is 7.79. The van der Waals surface area contributed by atoms with Gasteiger partial charge in [0.2, 0.25) is 0 Å². The number of nitrogens with zero attached hydrogens (tertiary/aromatic N) is 1. The number of quaternary nitrogens is 1. The molecule has 0 radical (unpaired) electrons. The van der Waals surface area contributed by atoms with Crippen molar-refractivity contribution >= 4 is 17.7 Å². The van der Waals surface area contributed by atoms with E-state index < -0.39 is 28.7 Å². The van der Waals surface area contributed by atoms with Gasteiger partial charge in [0.05, 0.1) is 6.42 Å². The van der Waals surface area contributed by atoms with Gasteiger partial charge in [0.15, 0.2) is 0 Å². The molecule has 2 rings (SSSR count). The predicted molar refractivity (Wildman–Crippen MR) is 107 cm³/mol. The maximum absolute atomic E-state index is 12.8. The van der Waals surface area contributed by atoms with Gasteiger partial charge in [0, 0.05) is 35.6 Å². The normalized spacial score (nSPS) is 13.5. The molecule has 0 bridgehead atoms. The SMILES string of the molecule is Cc1ccc(-c2cccnc2)c([NH+]([O-])C(=O)CC(C)NC(=O)OC(C)(C)C)c1. The van der Waals surface area contributed by atoms with Crippen molar-refractivity contribution in [3.63, 3.8) is 0 Å². The van der Waals surface area contributed by atoms with Crippen LogP contribution in [-0.4, -0.2) is 28.6 Å². The molecule has 0 fully saturated rings. The Bertz CT molecular complexity index is 831. The lowest BCUT2D eigenvalue weighted by Gasteiger charge is -2.25. The zero-order chi connectivity index (χ0) is 20.9. The molecule has 28 heavy (non-hydrogen) atoms. The van der Waals surface area contributed by atoms with Gasteiger partial charge in [0.25, 0.3) is 0 Å². The van der Waals surface area contributed by atoms with Gasteiger partial charge in [-0.2, -0.15) is 0 Å². The number of hydrogen-bond acceptors (Lipinski definition) is 5. The molecule has 0 spiro atoms. The minimum atomic E-state index is -0.635. The number of amides is 2. The van der Waals surface area contributed by atoms with Crippen LogP contribution in [0.15, 0.2) is 42.7 Å². The first kappa shape index (κ1) is 21.5. The molecule has 0 aliphatic heterocycles. The van der Waals surface area contributed by atoms with Crippen LogP contribution in [0.25, 0.3) is 11.1 Å². The summed E-state index contributed by atoms with van der Waals surface area (Å²) < 4.78 is 5.17. The van der Waals surface area contributed by atoms with Crippen molar-refractivity contribution in [1.29, 1.82) is 0 Å². The monoisotopic (exact) mass is 385 g/mol. The summed E-state index contributed by atoms with van der Waals surface area (Å²) in [5.74, 6) is -0.570. The maximum atomic E-state index is 12.8. The van der Waals surface area contributed by atoms with Gasteiger partial charge in [-0.25, -0.2) is 9.59 Å². The number of alkyl carbamates (subject to hydrolysis) is 1. The highest BCUT2D eigenvalue weighted by molar-refractivity contribution is 5.79. The molecule has 2 aromatic rings. The molecule has 2 unspecified atom stereocenters. The number of carbonyl (C=O) groups is 2. The molecule has 2 amide bonds. The standard InChI is InChI=1S/C21H27N3O4/c1-14-8-9-17(16-7-6-10-22-13-16)18(11-14)24(27)19(25)12-15(2)23-20(26)28-21(3,4)5/h6-11,13,15,24H,12H2,1-5H3,(H,23,26). The van der Waals surface area contributed by atoms with Crippen molar-refractivity contribution in [2.45, 2.75) is 52.7 Å². The molecular weight excluding hydrogens is 358 g/mol. The summed E-state index contributed by atoms with van der Waals surface area (Å²) in [7, 11) is 0. The molecule has 1 heterocycles. The minimum absolute atomic E-state index is 0.113. The molecule has 0 aliphatic rings. The third-order valence-electron chi connectivity index (χ3n) is 3.90. The fraction of sp³-hybridized carbons (Fsp3) is 0.381. The Labute approximate surface area is 165 Å². The van der Waals surface area contributed by atoms with E-state index in [0.717, 1.165) is 11.1 Å². The first-order valence-electron chi connectivity index (χ1n) is 9.15. The average molecular weight is 385 g/mol. The quantitative estimate of drug-likeness (QED) is 0.772. The molecule has 7 nitrogen and oxygen atoms in total. The average Bonchev–Trinajstić information content (AvgIpc) is 2.59. The first-order chi connectivity index (χ1) is 13.1. The molecule has 150 valence electrons. The lowest BCUT2D eigenvalue weighted by molar-refractivity contribution is -0.689. The number of nitrogens with one attached hydrogen (secondary N) is 2. The minimum Gasteiger partial charge on any atom is -0.621 e. The summed E-state index contributed by atoms with van der Waals surface area (Å²) in [6, 6.07) is 8.49. The number of aromatic nitrogens is 1. The van der Waals surface area contributed by atoms with E-state index in [1.807, 2.05) is 25.1 Å². The Morgan fingerprint density at radius 2 is 2.00 bits per heavy atom. The number of ether oxygens (including phenoxy) is 1. The van der Waals surface area contributed by atoms with E-state index in [9.17, 15) is 14.8 Å². The van der Waals surface area contributed by atoms with Gasteiger partial charge in [-0.3, -0.25) is 10.0 Å². The Morgan fingerprint density at radius 3 is 2.61 bits per heavy atom. The molecule has 0 saturated heterocycles. The Morgan fingerprint density at radius 1 is 1.29 bits per heavy atom. The van der Waals surface area contributed by atoms with Crippen LogP contribution in [0.4, 0.5) is 10.5 Å². The molecule has 0 aliphatic carbocycles. The largest absolute Gasteiger partial charge is 0.621 e. The Kier molecular flexibility index (Phi) is 6.88. The van der Waals surface area contributed by atoms with Crippen LogP contribution in [0.3, 0.4) is 0 Å². The first-order valence-corrected chi connectivity index (χ1v) is 9.15. The van der Waals surface area contributed by atoms with Gasteiger partial charge < -0.3 is 15.3 Å². The summed E-state index contributed by atoms with van der Waals surface area (Å²) in [4.78, 5) is 28.5. The summed E-state index contributed by atoms with van der Waals surface area (Å²) in [5.41, 5.74) is 2.00. The fourth-order valence-electron chi connectivity index (χ4n) is 2.70. The van der Waals surface area contributed by atoms with Crippen molar-refractivity contribution in [2.24, 2.45) is 0 Å². The van der Waals surface area contributed by atoms with Crippen LogP contribution in [0, 0.1) is 12.1 Å². The summed E-state index contributed by atoms with van der Waals surface area (Å²) in [5, 5.41) is 14.8. The van der Waals surface area contributed by atoms with Gasteiger partial charge in [0.1, 0.15) is 11.3 Å². The predicted octanol–water partition coefficient (Wildman–Crippen LogP) is 2.90. The molecule has 2 atom stereocenters. The van der Waals surface area contributed by atoms with Crippen molar-refractivity contribution in [1.82, 2.24) is 10.3 Å². The Hall–Kier alpha value is -2.77. The van der Waals surface area contributed by atoms with E-state index >= 15 is 0 Å². The van der Waals surface area contributed by atoms with Crippen molar-refractivity contribution in [2.75, 3.05) is 0 Å². The summed E-state index contributed by atoms with van der Waals surface area (Å²) in [6.07, 6.45) is 2.57. The van der Waals surface area contributed by atoms with Crippen LogP contribution in [0.1, 0.15) is 39.7 Å². The van der Waals surface area contributed by atoms with Crippen LogP contribution >= 0.6 is 0 Å². The molecule has 1 aromatic heterocycles. The van der Waals surface area contributed by atoms with Gasteiger partial charge in [-0.15, -0.1) is 0 Å². The van der Waals surface area contributed by atoms with Crippen molar-refractivity contribution in [3.05, 3.63) is 53.5 Å². The molecular formula is C21H27N3O4. The van der Waals surface area contributed by atoms with E-state index in [0.29, 0.717) is 11.3 Å². The van der Waals surface area contributed by atoms with Gasteiger partial charge in [-0.05, 0) is 52.3 Å². The smallest absolute Gasteiger partial charge is 0.407 e. The fourth-order valence-corrected chi connectivity index (χ4v) is 2.70. The van der Waals surface area contributed by atoms with Crippen LogP contribution in [0.5, 0.6) is 0 Å². The second kappa shape index (κ2) is 8.95. The third-order valence-corrected chi connectivity index (χ3v) is 3.90. The van der Waals surface area contributed by atoms with Crippen LogP contribution in [-0.2, 0) is 9.53 Å². The zero-order valence-corrected chi connectivity index (χ0v) is 16.9. The number of hydrogen-bond donors (Lipinski definition) is 2. The summed E-state index contributed by atoms with van der Waals surface area (Å²) >= 11 is 0. The van der Waals surface area contributed by atoms with Gasteiger partial charge in [-0.1, -0.05) is 12.1 Å². The highest BCUT2D eigenvalue weighted by Crippen LogP contribution is 2.25. The number of pyridine rings is 1.